The van der Waals surface area contributed by atoms with Crippen LogP contribution in [0.25, 0.3) is 0 Å². The number of hydrogen-bond donors (Lipinski definition) is 2. The van der Waals surface area contributed by atoms with Gasteiger partial charge < -0.3 is 10.1 Å². The summed E-state index contributed by atoms with van der Waals surface area (Å²) >= 11 is 0. The van der Waals surface area contributed by atoms with Crippen molar-refractivity contribution in [1.29, 1.82) is 0 Å². The summed E-state index contributed by atoms with van der Waals surface area (Å²) in [5.74, 6) is -2.48. The molecule has 1 amide bonds. The fourth-order valence-corrected chi connectivity index (χ4v) is 2.47. The molecule has 0 saturated heterocycles. The van der Waals surface area contributed by atoms with Crippen LogP contribution in [0.4, 0.5) is 13.2 Å². The number of nitrogens with one attached hydrogen (secondary N) is 2. The highest BCUT2D eigenvalue weighted by atomic mass is 19.4. The van der Waals surface area contributed by atoms with Crippen LogP contribution in [-0.4, -0.2) is 36.4 Å². The van der Waals surface area contributed by atoms with Crippen molar-refractivity contribution in [1.82, 2.24) is 10.6 Å². The van der Waals surface area contributed by atoms with Gasteiger partial charge in [0.05, 0.1) is 6.61 Å². The zero-order valence-corrected chi connectivity index (χ0v) is 12.2. The van der Waals surface area contributed by atoms with Crippen LogP contribution in [-0.2, 0) is 14.3 Å². The number of halogens is 3. The van der Waals surface area contributed by atoms with Crippen molar-refractivity contribution in [2.24, 2.45) is 0 Å². The highest BCUT2D eigenvalue weighted by Crippen LogP contribution is 2.32. The van der Waals surface area contributed by atoms with Crippen molar-refractivity contribution in [3.63, 3.8) is 0 Å². The molecule has 5 nitrogen and oxygen atoms in total. The second-order valence-corrected chi connectivity index (χ2v) is 5.13. The third-order valence-electron chi connectivity index (χ3n) is 3.40. The van der Waals surface area contributed by atoms with Crippen molar-refractivity contribution in [2.75, 3.05) is 6.61 Å². The zero-order valence-electron chi connectivity index (χ0n) is 12.2. The third-order valence-corrected chi connectivity index (χ3v) is 3.40. The summed E-state index contributed by atoms with van der Waals surface area (Å²) in [4.78, 5) is 23.1. The lowest BCUT2D eigenvalue weighted by atomic mass is 9.93. The number of ether oxygens (including phenoxy) is 1. The summed E-state index contributed by atoms with van der Waals surface area (Å²) in [6, 6.07) is -0.489. The van der Waals surface area contributed by atoms with Crippen LogP contribution in [0, 0.1) is 0 Å². The average molecular weight is 310 g/mol. The van der Waals surface area contributed by atoms with Crippen molar-refractivity contribution < 1.29 is 27.5 Å². The first kappa shape index (κ1) is 17.7. The van der Waals surface area contributed by atoms with Gasteiger partial charge in [0.15, 0.2) is 0 Å². The first-order valence-corrected chi connectivity index (χ1v) is 7.03. The van der Waals surface area contributed by atoms with Crippen LogP contribution in [0.2, 0.25) is 0 Å². The van der Waals surface area contributed by atoms with Gasteiger partial charge >= 0.3 is 12.1 Å². The highest BCUT2D eigenvalue weighted by molar-refractivity contribution is 5.87. The van der Waals surface area contributed by atoms with E-state index in [2.05, 4.69) is 10.1 Å². The van der Waals surface area contributed by atoms with E-state index >= 15 is 0 Å². The van der Waals surface area contributed by atoms with Gasteiger partial charge in [-0.25, -0.2) is 4.79 Å². The molecule has 0 aromatic carbocycles. The van der Waals surface area contributed by atoms with Crippen molar-refractivity contribution >= 4 is 11.9 Å². The molecule has 0 unspecified atom stereocenters. The van der Waals surface area contributed by atoms with Gasteiger partial charge in [0.25, 0.3) is 5.66 Å². The van der Waals surface area contributed by atoms with Crippen molar-refractivity contribution in [2.45, 2.75) is 63.8 Å². The number of rotatable bonds is 5. The van der Waals surface area contributed by atoms with Crippen molar-refractivity contribution in [3.8, 4) is 0 Å². The Bertz CT molecular complexity index is 381. The molecule has 0 aliphatic heterocycles. The molecule has 1 saturated carbocycles. The van der Waals surface area contributed by atoms with Gasteiger partial charge in [-0.3, -0.25) is 10.1 Å². The molecule has 8 heteroatoms. The molecule has 0 aromatic rings. The molecule has 0 spiro atoms. The topological polar surface area (TPSA) is 67.4 Å². The van der Waals surface area contributed by atoms with Gasteiger partial charge in [-0.05, 0) is 19.8 Å². The molecule has 1 rings (SSSR count). The van der Waals surface area contributed by atoms with Gasteiger partial charge in [0.2, 0.25) is 5.91 Å². The summed E-state index contributed by atoms with van der Waals surface area (Å²) in [5, 5.41) is 4.01. The quantitative estimate of drug-likeness (QED) is 0.601. The Kier molecular flexibility index (Phi) is 6.00. The van der Waals surface area contributed by atoms with Crippen LogP contribution in [0.1, 0.15) is 46.0 Å². The van der Waals surface area contributed by atoms with Crippen molar-refractivity contribution in [3.05, 3.63) is 0 Å². The van der Waals surface area contributed by atoms with Gasteiger partial charge in [0.1, 0.15) is 0 Å². The van der Waals surface area contributed by atoms with E-state index in [-0.39, 0.29) is 6.61 Å². The average Bonchev–Trinajstić information content (AvgIpc) is 2.37. The molecule has 0 bridgehead atoms. The van der Waals surface area contributed by atoms with Gasteiger partial charge in [-0.2, -0.15) is 13.2 Å². The van der Waals surface area contributed by atoms with Crippen LogP contribution in [0.15, 0.2) is 0 Å². The van der Waals surface area contributed by atoms with E-state index in [1.807, 2.05) is 0 Å². The maximum Gasteiger partial charge on any atom is 0.436 e. The lowest BCUT2D eigenvalue weighted by Gasteiger charge is -2.38. The maximum atomic E-state index is 13.5. The Morgan fingerprint density at radius 2 is 1.76 bits per heavy atom. The Morgan fingerprint density at radius 1 is 1.19 bits per heavy atom. The van der Waals surface area contributed by atoms with Crippen LogP contribution in [0.3, 0.4) is 0 Å². The predicted octanol–water partition coefficient (Wildman–Crippen LogP) is 1.87. The minimum absolute atomic E-state index is 0.206. The van der Waals surface area contributed by atoms with E-state index in [0.29, 0.717) is 12.8 Å². The van der Waals surface area contributed by atoms with Gasteiger partial charge in [-0.1, -0.05) is 19.3 Å². The fourth-order valence-electron chi connectivity index (χ4n) is 2.47. The van der Waals surface area contributed by atoms with E-state index in [9.17, 15) is 22.8 Å². The third kappa shape index (κ3) is 4.33. The minimum atomic E-state index is -5.00. The Hall–Kier alpha value is -1.31. The van der Waals surface area contributed by atoms with E-state index in [0.717, 1.165) is 26.2 Å². The lowest BCUT2D eigenvalue weighted by Crippen LogP contribution is -2.74. The monoisotopic (exact) mass is 310 g/mol. The number of carbonyl (C=O) groups excluding carboxylic acids is 2. The van der Waals surface area contributed by atoms with Crippen LogP contribution in [0.5, 0.6) is 0 Å². The first-order chi connectivity index (χ1) is 9.73. The van der Waals surface area contributed by atoms with Gasteiger partial charge in [0, 0.05) is 13.0 Å². The Labute approximate surface area is 121 Å². The normalized spacial score (nSPS) is 19.7. The van der Waals surface area contributed by atoms with E-state index in [1.54, 1.807) is 5.32 Å². The molecule has 0 aromatic heterocycles. The summed E-state index contributed by atoms with van der Waals surface area (Å²) in [5.41, 5.74) is -3.18. The van der Waals surface area contributed by atoms with E-state index < -0.39 is 29.8 Å². The number of carbonyl (C=O) groups is 2. The van der Waals surface area contributed by atoms with E-state index in [1.165, 1.54) is 6.92 Å². The maximum absolute atomic E-state index is 13.5. The number of amides is 1. The molecule has 1 aliphatic rings. The molecule has 1 aliphatic carbocycles. The van der Waals surface area contributed by atoms with Crippen LogP contribution < -0.4 is 10.6 Å². The molecule has 122 valence electrons. The summed E-state index contributed by atoms with van der Waals surface area (Å²) in [7, 11) is 0. The molecule has 0 radical (unpaired) electrons. The number of esters is 1. The van der Waals surface area contributed by atoms with Crippen LogP contribution >= 0.6 is 0 Å². The Balaban J connectivity index is 3.08. The molecule has 1 fully saturated rings. The molecular formula is C13H21F3N2O3. The Morgan fingerprint density at radius 3 is 2.19 bits per heavy atom. The first-order valence-electron chi connectivity index (χ1n) is 7.03. The van der Waals surface area contributed by atoms with Gasteiger partial charge in [-0.15, -0.1) is 0 Å². The molecule has 21 heavy (non-hydrogen) atoms. The minimum Gasteiger partial charge on any atom is -0.463 e. The molecule has 1 atom stereocenters. The molecular weight excluding hydrogens is 289 g/mol. The smallest absolute Gasteiger partial charge is 0.436 e. The second-order valence-electron chi connectivity index (χ2n) is 5.13. The summed E-state index contributed by atoms with van der Waals surface area (Å²) in [6.45, 7) is 2.14. The number of alkyl halides is 3. The number of hydrogen-bond acceptors (Lipinski definition) is 4. The predicted molar refractivity (Wildman–Crippen MR) is 69.2 cm³/mol. The largest absolute Gasteiger partial charge is 0.463 e. The highest BCUT2D eigenvalue weighted by Gasteiger charge is 2.63. The molecule has 2 N–H and O–H groups in total. The summed E-state index contributed by atoms with van der Waals surface area (Å²) in [6.07, 6.45) is -1.42. The fraction of sp³-hybridized carbons (Fsp3) is 0.846. The SMILES string of the molecule is CCOC(=O)[C@@](NC(C)=O)(NC1CCCCC1)C(F)(F)F. The second kappa shape index (κ2) is 7.11. The molecule has 0 heterocycles. The van der Waals surface area contributed by atoms with E-state index in [4.69, 9.17) is 0 Å². The lowest BCUT2D eigenvalue weighted by molar-refractivity contribution is -0.223. The zero-order chi connectivity index (χ0) is 16.1. The standard InChI is InChI=1S/C13H21F3N2O3/c1-3-21-11(20)12(13(14,15)16,17-9(2)19)18-10-7-5-4-6-8-10/h10,18H,3-8H2,1-2H3,(H,17,19)/t12-/m1/s1. The summed E-state index contributed by atoms with van der Waals surface area (Å²) < 4.78 is 45.0.